The van der Waals surface area contributed by atoms with Gasteiger partial charge in [-0.15, -0.1) is 0 Å². The molecule has 0 atom stereocenters. The largest absolute Gasteiger partial charge is 0.483 e. The van der Waals surface area contributed by atoms with Crippen LogP contribution < -0.4 is 10.2 Å². The van der Waals surface area contributed by atoms with Crippen molar-refractivity contribution >= 4 is 39.7 Å². The van der Waals surface area contributed by atoms with Crippen LogP contribution in [0, 0.1) is 5.82 Å². The highest BCUT2D eigenvalue weighted by atomic mass is 79.9. The second-order valence-electron chi connectivity index (χ2n) is 6.61. The molecule has 4 nitrogen and oxygen atoms in total. The van der Waals surface area contributed by atoms with Crippen molar-refractivity contribution in [2.24, 2.45) is 5.10 Å². The maximum absolute atomic E-state index is 13.6. The van der Waals surface area contributed by atoms with E-state index in [0.717, 1.165) is 16.3 Å². The minimum atomic E-state index is -0.517. The molecule has 1 amide bonds. The lowest BCUT2D eigenvalue weighted by molar-refractivity contribution is -0.123. The molecule has 0 bridgehead atoms. The van der Waals surface area contributed by atoms with Crippen molar-refractivity contribution < 1.29 is 13.9 Å². The highest BCUT2D eigenvalue weighted by Crippen LogP contribution is 2.33. The van der Waals surface area contributed by atoms with Crippen LogP contribution in [0.2, 0.25) is 5.02 Å². The Labute approximate surface area is 165 Å². The third-order valence-corrected chi connectivity index (χ3v) is 4.31. The van der Waals surface area contributed by atoms with Gasteiger partial charge in [-0.05, 0) is 35.7 Å². The quantitative estimate of drug-likeness (QED) is 0.520. The Morgan fingerprint density at radius 2 is 2.08 bits per heavy atom. The standard InChI is InChI=1S/C19H19BrClFN2O2/c1-19(2,3)14-9-12(20)7-8-17(14)26-11-18(25)24-23-10-13-15(21)5-4-6-16(13)22/h4-10H,11H2,1-3H3,(H,24,25)/b23-10+. The molecule has 0 aliphatic heterocycles. The number of benzene rings is 2. The first kappa shape index (κ1) is 20.4. The zero-order valence-corrected chi connectivity index (χ0v) is 17.0. The molecule has 138 valence electrons. The third kappa shape index (κ3) is 5.54. The highest BCUT2D eigenvalue weighted by Gasteiger charge is 2.20. The Bertz CT molecular complexity index is 815. The predicted molar refractivity (Wildman–Crippen MR) is 105 cm³/mol. The first-order valence-electron chi connectivity index (χ1n) is 7.87. The zero-order chi connectivity index (χ0) is 19.3. The van der Waals surface area contributed by atoms with Gasteiger partial charge in [-0.25, -0.2) is 9.82 Å². The van der Waals surface area contributed by atoms with Crippen molar-refractivity contribution in [1.29, 1.82) is 0 Å². The van der Waals surface area contributed by atoms with Crippen molar-refractivity contribution in [3.05, 3.63) is 62.8 Å². The van der Waals surface area contributed by atoms with Gasteiger partial charge in [-0.3, -0.25) is 4.79 Å². The van der Waals surface area contributed by atoms with E-state index in [4.69, 9.17) is 16.3 Å². The minimum Gasteiger partial charge on any atom is -0.483 e. The molecular weight excluding hydrogens is 423 g/mol. The number of halogens is 3. The lowest BCUT2D eigenvalue weighted by Crippen LogP contribution is -2.25. The number of hydrogen-bond donors (Lipinski definition) is 1. The summed E-state index contributed by atoms with van der Waals surface area (Å²) in [5.41, 5.74) is 3.24. The van der Waals surface area contributed by atoms with Gasteiger partial charge in [-0.1, -0.05) is 54.4 Å². The van der Waals surface area contributed by atoms with E-state index in [1.807, 2.05) is 12.1 Å². The number of carbonyl (C=O) groups is 1. The molecule has 0 saturated carbocycles. The summed E-state index contributed by atoms with van der Waals surface area (Å²) < 4.78 is 20.2. The van der Waals surface area contributed by atoms with E-state index in [1.54, 1.807) is 12.1 Å². The number of rotatable bonds is 5. The summed E-state index contributed by atoms with van der Waals surface area (Å²) in [6.07, 6.45) is 1.16. The molecule has 2 aromatic rings. The van der Waals surface area contributed by atoms with E-state index < -0.39 is 11.7 Å². The normalized spacial score (nSPS) is 11.6. The van der Waals surface area contributed by atoms with Crippen LogP contribution in [0.1, 0.15) is 31.9 Å². The van der Waals surface area contributed by atoms with E-state index >= 15 is 0 Å². The summed E-state index contributed by atoms with van der Waals surface area (Å²) in [7, 11) is 0. The van der Waals surface area contributed by atoms with Crippen molar-refractivity contribution in [2.45, 2.75) is 26.2 Å². The van der Waals surface area contributed by atoms with Gasteiger partial charge >= 0.3 is 0 Å². The maximum Gasteiger partial charge on any atom is 0.277 e. The van der Waals surface area contributed by atoms with Crippen LogP contribution in [0.25, 0.3) is 0 Å². The summed E-state index contributed by atoms with van der Waals surface area (Å²) in [6, 6.07) is 9.91. The van der Waals surface area contributed by atoms with Gasteiger partial charge in [0.05, 0.1) is 11.2 Å². The van der Waals surface area contributed by atoms with Crippen molar-refractivity contribution in [3.63, 3.8) is 0 Å². The Balaban J connectivity index is 1.99. The van der Waals surface area contributed by atoms with E-state index in [-0.39, 0.29) is 22.6 Å². The minimum absolute atomic E-state index is 0.110. The Morgan fingerprint density at radius 3 is 2.73 bits per heavy atom. The van der Waals surface area contributed by atoms with Gasteiger partial charge in [-0.2, -0.15) is 5.10 Å². The molecular formula is C19H19BrClFN2O2. The van der Waals surface area contributed by atoms with E-state index in [1.165, 1.54) is 12.1 Å². The molecule has 0 spiro atoms. The lowest BCUT2D eigenvalue weighted by Gasteiger charge is -2.23. The molecule has 0 aliphatic rings. The van der Waals surface area contributed by atoms with Gasteiger partial charge in [0.2, 0.25) is 0 Å². The van der Waals surface area contributed by atoms with Crippen molar-refractivity contribution in [1.82, 2.24) is 5.43 Å². The molecule has 1 N–H and O–H groups in total. The maximum atomic E-state index is 13.6. The molecule has 0 unspecified atom stereocenters. The van der Waals surface area contributed by atoms with Crippen LogP contribution in [-0.2, 0) is 10.2 Å². The molecule has 2 rings (SSSR count). The topological polar surface area (TPSA) is 50.7 Å². The van der Waals surface area contributed by atoms with E-state index in [2.05, 4.69) is 47.2 Å². The lowest BCUT2D eigenvalue weighted by atomic mass is 9.86. The van der Waals surface area contributed by atoms with Gasteiger partial charge in [0.25, 0.3) is 5.91 Å². The summed E-state index contributed by atoms with van der Waals surface area (Å²) in [4.78, 5) is 11.9. The van der Waals surface area contributed by atoms with E-state index in [9.17, 15) is 9.18 Å². The fraction of sp³-hybridized carbons (Fsp3) is 0.263. The SMILES string of the molecule is CC(C)(C)c1cc(Br)ccc1OCC(=O)N/N=C/c1c(F)cccc1Cl. The number of ether oxygens (including phenoxy) is 1. The van der Waals surface area contributed by atoms with Crippen LogP contribution >= 0.6 is 27.5 Å². The van der Waals surface area contributed by atoms with Crippen LogP contribution in [0.3, 0.4) is 0 Å². The number of nitrogens with one attached hydrogen (secondary N) is 1. The van der Waals surface area contributed by atoms with Crippen LogP contribution in [0.15, 0.2) is 46.0 Å². The molecule has 0 heterocycles. The van der Waals surface area contributed by atoms with Crippen LogP contribution in [0.4, 0.5) is 4.39 Å². The highest BCUT2D eigenvalue weighted by molar-refractivity contribution is 9.10. The average Bonchev–Trinajstić information content (AvgIpc) is 2.55. The first-order chi connectivity index (χ1) is 12.2. The zero-order valence-electron chi connectivity index (χ0n) is 14.6. The molecule has 0 aromatic heterocycles. The third-order valence-electron chi connectivity index (χ3n) is 3.49. The molecule has 0 aliphatic carbocycles. The fourth-order valence-electron chi connectivity index (χ4n) is 2.19. The molecule has 26 heavy (non-hydrogen) atoms. The Morgan fingerprint density at radius 1 is 1.35 bits per heavy atom. The second kappa shape index (κ2) is 8.64. The molecule has 2 aromatic carbocycles. The molecule has 0 radical (unpaired) electrons. The Kier molecular flexibility index (Phi) is 6.78. The Hall–Kier alpha value is -1.92. The van der Waals surface area contributed by atoms with Gasteiger partial charge < -0.3 is 4.74 Å². The first-order valence-corrected chi connectivity index (χ1v) is 9.04. The second-order valence-corrected chi connectivity index (χ2v) is 7.93. The van der Waals surface area contributed by atoms with Crippen LogP contribution in [0.5, 0.6) is 5.75 Å². The van der Waals surface area contributed by atoms with Gasteiger partial charge in [0.15, 0.2) is 6.61 Å². The number of amides is 1. The predicted octanol–water partition coefficient (Wildman–Crippen LogP) is 5.07. The summed E-state index contributed by atoms with van der Waals surface area (Å²) in [5, 5.41) is 3.94. The average molecular weight is 442 g/mol. The summed E-state index contributed by atoms with van der Waals surface area (Å²) in [6.45, 7) is 5.96. The number of hydrogen-bond acceptors (Lipinski definition) is 3. The fourth-order valence-corrected chi connectivity index (χ4v) is 2.77. The number of carbonyl (C=O) groups excluding carboxylic acids is 1. The summed E-state index contributed by atoms with van der Waals surface area (Å²) >= 11 is 9.33. The van der Waals surface area contributed by atoms with Gasteiger partial charge in [0.1, 0.15) is 11.6 Å². The molecule has 7 heteroatoms. The van der Waals surface area contributed by atoms with Crippen LogP contribution in [-0.4, -0.2) is 18.7 Å². The molecule has 0 fully saturated rings. The molecule has 0 saturated heterocycles. The number of hydrazone groups is 1. The van der Waals surface area contributed by atoms with E-state index in [0.29, 0.717) is 5.75 Å². The smallest absolute Gasteiger partial charge is 0.277 e. The number of nitrogens with zero attached hydrogens (tertiary/aromatic N) is 1. The monoisotopic (exact) mass is 440 g/mol. The van der Waals surface area contributed by atoms with Crippen molar-refractivity contribution in [3.8, 4) is 5.75 Å². The van der Waals surface area contributed by atoms with Gasteiger partial charge in [0, 0.05) is 15.6 Å². The van der Waals surface area contributed by atoms with Crippen molar-refractivity contribution in [2.75, 3.05) is 6.61 Å². The summed E-state index contributed by atoms with van der Waals surface area (Å²) in [5.74, 6) is -0.357.